The van der Waals surface area contributed by atoms with Crippen molar-refractivity contribution < 1.29 is 4.79 Å². The first-order valence-corrected chi connectivity index (χ1v) is 5.38. The van der Waals surface area contributed by atoms with E-state index in [4.69, 9.17) is 5.73 Å². The maximum Gasteiger partial charge on any atom is 0.241 e. The Kier molecular flexibility index (Phi) is 4.17. The monoisotopic (exact) mass is 221 g/mol. The Hall–Kier alpha value is -1.71. The van der Waals surface area contributed by atoms with E-state index in [1.54, 1.807) is 11.9 Å². The van der Waals surface area contributed by atoms with Gasteiger partial charge in [0.2, 0.25) is 5.91 Å². The van der Waals surface area contributed by atoms with Gasteiger partial charge in [-0.3, -0.25) is 4.79 Å². The van der Waals surface area contributed by atoms with Crippen LogP contribution in [0.5, 0.6) is 0 Å². The van der Waals surface area contributed by atoms with Crippen LogP contribution in [0.15, 0.2) is 18.2 Å². The van der Waals surface area contributed by atoms with E-state index < -0.39 is 0 Å². The van der Waals surface area contributed by atoms with Crippen LogP contribution in [0.2, 0.25) is 0 Å². The molecule has 0 bridgehead atoms. The Morgan fingerprint density at radius 1 is 1.50 bits per heavy atom. The summed E-state index contributed by atoms with van der Waals surface area (Å²) in [5.41, 5.74) is 8.42. The minimum Gasteiger partial charge on any atom is -0.397 e. The lowest BCUT2D eigenvalue weighted by Gasteiger charge is -2.16. The summed E-state index contributed by atoms with van der Waals surface area (Å²) in [6, 6.07) is 5.74. The minimum absolute atomic E-state index is 0.0578. The lowest BCUT2D eigenvalue weighted by Crippen LogP contribution is -2.32. The summed E-state index contributed by atoms with van der Waals surface area (Å²) in [6.07, 6.45) is 0. The third-order valence-corrected chi connectivity index (χ3v) is 2.54. The molecule has 4 nitrogen and oxygen atoms in total. The van der Waals surface area contributed by atoms with Gasteiger partial charge in [0.05, 0.1) is 17.9 Å². The highest BCUT2D eigenvalue weighted by atomic mass is 16.2. The molecule has 0 aliphatic rings. The number of nitrogens with two attached hydrogens (primary N) is 1. The number of nitrogen functional groups attached to an aromatic ring is 1. The number of likely N-dealkylation sites (N-methyl/N-ethyl adjacent to an activating group) is 1. The van der Waals surface area contributed by atoms with E-state index in [0.29, 0.717) is 12.2 Å². The Bertz CT molecular complexity index is 377. The zero-order valence-corrected chi connectivity index (χ0v) is 10.1. The number of hydrogen-bond acceptors (Lipinski definition) is 3. The predicted molar refractivity (Wildman–Crippen MR) is 67.4 cm³/mol. The van der Waals surface area contributed by atoms with Gasteiger partial charge in [-0.1, -0.05) is 6.07 Å². The fraction of sp³-hybridized carbons (Fsp3) is 0.417. The number of carbonyl (C=O) groups excluding carboxylic acids is 1. The highest BCUT2D eigenvalue weighted by molar-refractivity contribution is 5.82. The normalized spacial score (nSPS) is 9.94. The third kappa shape index (κ3) is 3.15. The van der Waals surface area contributed by atoms with Gasteiger partial charge in [0.25, 0.3) is 0 Å². The Balaban J connectivity index is 2.58. The summed E-state index contributed by atoms with van der Waals surface area (Å²) >= 11 is 0. The average Bonchev–Trinajstić information content (AvgIpc) is 2.26. The van der Waals surface area contributed by atoms with Gasteiger partial charge < -0.3 is 16.0 Å². The van der Waals surface area contributed by atoms with E-state index in [0.717, 1.165) is 11.3 Å². The van der Waals surface area contributed by atoms with Crippen LogP contribution in [0.3, 0.4) is 0 Å². The van der Waals surface area contributed by atoms with Crippen molar-refractivity contribution in [3.63, 3.8) is 0 Å². The highest BCUT2D eigenvalue weighted by Crippen LogP contribution is 2.18. The van der Waals surface area contributed by atoms with Gasteiger partial charge in [-0.25, -0.2) is 0 Å². The van der Waals surface area contributed by atoms with E-state index in [1.165, 1.54) is 0 Å². The molecule has 0 atom stereocenters. The molecular weight excluding hydrogens is 202 g/mol. The lowest BCUT2D eigenvalue weighted by atomic mass is 10.2. The first kappa shape index (κ1) is 12.4. The number of nitrogens with zero attached hydrogens (tertiary/aromatic N) is 1. The van der Waals surface area contributed by atoms with Crippen LogP contribution in [0, 0.1) is 6.92 Å². The van der Waals surface area contributed by atoms with Crippen molar-refractivity contribution in [2.45, 2.75) is 13.8 Å². The quantitative estimate of drug-likeness (QED) is 0.757. The van der Waals surface area contributed by atoms with Gasteiger partial charge in [0.1, 0.15) is 0 Å². The zero-order chi connectivity index (χ0) is 12.1. The summed E-state index contributed by atoms with van der Waals surface area (Å²) in [4.78, 5) is 13.2. The lowest BCUT2D eigenvalue weighted by molar-refractivity contribution is -0.127. The molecule has 88 valence electrons. The molecule has 0 radical (unpaired) electrons. The number of nitrogens with one attached hydrogen (secondary N) is 1. The molecule has 3 N–H and O–H groups in total. The maximum absolute atomic E-state index is 11.5. The molecule has 0 spiro atoms. The number of carbonyl (C=O) groups is 1. The van der Waals surface area contributed by atoms with Crippen LogP contribution >= 0.6 is 0 Å². The van der Waals surface area contributed by atoms with Gasteiger partial charge >= 0.3 is 0 Å². The van der Waals surface area contributed by atoms with Gasteiger partial charge in [0, 0.05) is 13.6 Å². The van der Waals surface area contributed by atoms with Crippen molar-refractivity contribution >= 4 is 17.3 Å². The molecule has 0 aliphatic heterocycles. The number of hydrogen-bond donors (Lipinski definition) is 2. The van der Waals surface area contributed by atoms with E-state index in [1.807, 2.05) is 32.0 Å². The molecule has 4 heteroatoms. The first-order chi connectivity index (χ1) is 7.54. The van der Waals surface area contributed by atoms with Gasteiger partial charge in [-0.2, -0.15) is 0 Å². The molecule has 0 fully saturated rings. The Morgan fingerprint density at radius 3 is 2.75 bits per heavy atom. The van der Waals surface area contributed by atoms with E-state index >= 15 is 0 Å². The largest absolute Gasteiger partial charge is 0.397 e. The van der Waals surface area contributed by atoms with Crippen molar-refractivity contribution in [1.29, 1.82) is 0 Å². The summed E-state index contributed by atoms with van der Waals surface area (Å²) in [6.45, 7) is 4.91. The van der Waals surface area contributed by atoms with Crippen molar-refractivity contribution in [3.05, 3.63) is 23.8 Å². The molecule has 0 saturated carbocycles. The second kappa shape index (κ2) is 5.39. The topological polar surface area (TPSA) is 58.4 Å². The van der Waals surface area contributed by atoms with E-state index in [2.05, 4.69) is 5.32 Å². The standard InChI is InChI=1S/C12H19N3O/c1-4-15(3)12(16)8-14-11-6-5-9(2)7-10(11)13/h5-7,14H,4,8,13H2,1-3H3. The molecule has 1 aromatic carbocycles. The van der Waals surface area contributed by atoms with Crippen molar-refractivity contribution in [2.24, 2.45) is 0 Å². The third-order valence-electron chi connectivity index (χ3n) is 2.54. The second-order valence-corrected chi connectivity index (χ2v) is 3.85. The van der Waals surface area contributed by atoms with Crippen LogP contribution in [0.1, 0.15) is 12.5 Å². The first-order valence-electron chi connectivity index (χ1n) is 5.38. The Morgan fingerprint density at radius 2 is 2.19 bits per heavy atom. The zero-order valence-electron chi connectivity index (χ0n) is 10.1. The molecule has 0 aromatic heterocycles. The fourth-order valence-electron chi connectivity index (χ4n) is 1.33. The molecule has 1 amide bonds. The maximum atomic E-state index is 11.5. The van der Waals surface area contributed by atoms with Crippen molar-refractivity contribution in [1.82, 2.24) is 4.90 Å². The number of aryl methyl sites for hydroxylation is 1. The van der Waals surface area contributed by atoms with E-state index in [9.17, 15) is 4.79 Å². The molecule has 1 rings (SSSR count). The van der Waals surface area contributed by atoms with Crippen LogP contribution < -0.4 is 11.1 Å². The molecule has 0 aliphatic carbocycles. The van der Waals surface area contributed by atoms with Crippen molar-refractivity contribution in [2.75, 3.05) is 31.2 Å². The fourth-order valence-corrected chi connectivity index (χ4v) is 1.33. The summed E-state index contributed by atoms with van der Waals surface area (Å²) in [7, 11) is 1.78. The van der Waals surface area contributed by atoms with Crippen LogP contribution in [0.25, 0.3) is 0 Å². The molecule has 0 saturated heterocycles. The SMILES string of the molecule is CCN(C)C(=O)CNc1ccc(C)cc1N. The summed E-state index contributed by atoms with van der Waals surface area (Å²) < 4.78 is 0. The van der Waals surface area contributed by atoms with E-state index in [-0.39, 0.29) is 12.5 Å². The Labute approximate surface area is 96.4 Å². The number of amides is 1. The van der Waals surface area contributed by atoms with Gasteiger partial charge in [-0.05, 0) is 31.5 Å². The average molecular weight is 221 g/mol. The van der Waals surface area contributed by atoms with Gasteiger partial charge in [-0.15, -0.1) is 0 Å². The molecular formula is C12H19N3O. The highest BCUT2D eigenvalue weighted by Gasteiger charge is 2.06. The molecule has 0 heterocycles. The van der Waals surface area contributed by atoms with Crippen molar-refractivity contribution in [3.8, 4) is 0 Å². The predicted octanol–water partition coefficient (Wildman–Crippen LogP) is 1.47. The number of benzene rings is 1. The summed E-state index contributed by atoms with van der Waals surface area (Å²) in [5, 5.41) is 3.04. The second-order valence-electron chi connectivity index (χ2n) is 3.85. The molecule has 0 unspecified atom stereocenters. The van der Waals surface area contributed by atoms with Crippen LogP contribution in [0.4, 0.5) is 11.4 Å². The van der Waals surface area contributed by atoms with Crippen LogP contribution in [-0.4, -0.2) is 30.9 Å². The number of rotatable bonds is 4. The molecule has 1 aromatic rings. The van der Waals surface area contributed by atoms with Crippen LogP contribution in [-0.2, 0) is 4.79 Å². The number of anilines is 2. The van der Waals surface area contributed by atoms with Gasteiger partial charge in [0.15, 0.2) is 0 Å². The smallest absolute Gasteiger partial charge is 0.241 e. The molecule has 16 heavy (non-hydrogen) atoms. The minimum atomic E-state index is 0.0578. The summed E-state index contributed by atoms with van der Waals surface area (Å²) in [5.74, 6) is 0.0578.